The SMILES string of the molecule is CCCCCC1(c2ccc(CCCC(=O)O)cc2C)CCCCC1. The van der Waals surface area contributed by atoms with Crippen LogP contribution in [-0.4, -0.2) is 11.1 Å². The van der Waals surface area contributed by atoms with Gasteiger partial charge in [0.25, 0.3) is 0 Å². The monoisotopic (exact) mass is 330 g/mol. The lowest BCUT2D eigenvalue weighted by molar-refractivity contribution is -0.137. The molecule has 2 nitrogen and oxygen atoms in total. The highest BCUT2D eigenvalue weighted by molar-refractivity contribution is 5.66. The first-order chi connectivity index (χ1) is 11.6. The van der Waals surface area contributed by atoms with Gasteiger partial charge in [0.15, 0.2) is 0 Å². The fourth-order valence-electron chi connectivity index (χ4n) is 4.52. The van der Waals surface area contributed by atoms with Crippen LogP contribution >= 0.6 is 0 Å². The molecule has 1 aromatic carbocycles. The van der Waals surface area contributed by atoms with Gasteiger partial charge in [-0.05, 0) is 61.1 Å². The summed E-state index contributed by atoms with van der Waals surface area (Å²) in [5.74, 6) is -0.694. The maximum Gasteiger partial charge on any atom is 0.303 e. The summed E-state index contributed by atoms with van der Waals surface area (Å²) in [5, 5.41) is 8.80. The van der Waals surface area contributed by atoms with Gasteiger partial charge < -0.3 is 5.11 Å². The summed E-state index contributed by atoms with van der Waals surface area (Å²) in [7, 11) is 0. The molecule has 1 saturated carbocycles. The predicted octanol–water partition coefficient (Wildman–Crippen LogP) is 6.18. The van der Waals surface area contributed by atoms with Crippen LogP contribution in [0.15, 0.2) is 18.2 Å². The first-order valence-electron chi connectivity index (χ1n) is 9.89. The fourth-order valence-corrected chi connectivity index (χ4v) is 4.52. The van der Waals surface area contributed by atoms with Gasteiger partial charge in [0.1, 0.15) is 0 Å². The molecule has 2 heteroatoms. The molecule has 24 heavy (non-hydrogen) atoms. The van der Waals surface area contributed by atoms with Gasteiger partial charge in [-0.3, -0.25) is 4.79 Å². The van der Waals surface area contributed by atoms with Crippen molar-refractivity contribution in [1.82, 2.24) is 0 Å². The van der Waals surface area contributed by atoms with Gasteiger partial charge in [-0.1, -0.05) is 63.6 Å². The van der Waals surface area contributed by atoms with Crippen molar-refractivity contribution in [2.45, 2.75) is 96.3 Å². The van der Waals surface area contributed by atoms with Crippen molar-refractivity contribution < 1.29 is 9.90 Å². The van der Waals surface area contributed by atoms with Crippen LogP contribution < -0.4 is 0 Å². The van der Waals surface area contributed by atoms with Gasteiger partial charge >= 0.3 is 5.97 Å². The molecule has 0 radical (unpaired) electrons. The number of rotatable bonds is 9. The molecule has 0 atom stereocenters. The van der Waals surface area contributed by atoms with E-state index in [1.807, 2.05) is 0 Å². The Morgan fingerprint density at radius 3 is 2.50 bits per heavy atom. The lowest BCUT2D eigenvalue weighted by Crippen LogP contribution is -2.30. The van der Waals surface area contributed by atoms with Crippen LogP contribution in [0.1, 0.15) is 94.2 Å². The van der Waals surface area contributed by atoms with E-state index in [4.69, 9.17) is 5.11 Å². The zero-order chi connectivity index (χ0) is 17.4. The standard InChI is InChI=1S/C22H34O2/c1-3-4-6-14-22(15-7-5-8-16-22)20-13-12-19(17-18(20)2)10-9-11-21(23)24/h12-13,17H,3-11,14-16H2,1-2H3,(H,23,24). The van der Waals surface area contributed by atoms with Crippen molar-refractivity contribution in [2.75, 3.05) is 0 Å². The van der Waals surface area contributed by atoms with Crippen LogP contribution in [-0.2, 0) is 16.6 Å². The van der Waals surface area contributed by atoms with Crippen LogP contribution in [0.3, 0.4) is 0 Å². The summed E-state index contributed by atoms with van der Waals surface area (Å²) in [6, 6.07) is 6.93. The van der Waals surface area contributed by atoms with E-state index in [1.54, 1.807) is 5.56 Å². The normalized spacial score (nSPS) is 16.9. The van der Waals surface area contributed by atoms with E-state index in [9.17, 15) is 4.79 Å². The Morgan fingerprint density at radius 1 is 1.12 bits per heavy atom. The van der Waals surface area contributed by atoms with E-state index in [2.05, 4.69) is 32.0 Å². The highest BCUT2D eigenvalue weighted by Crippen LogP contribution is 2.44. The Hall–Kier alpha value is -1.31. The molecule has 0 amide bonds. The number of unbranched alkanes of at least 4 members (excludes halogenated alkanes) is 2. The molecular formula is C22H34O2. The van der Waals surface area contributed by atoms with E-state index >= 15 is 0 Å². The molecule has 0 aromatic heterocycles. The highest BCUT2D eigenvalue weighted by atomic mass is 16.4. The first kappa shape index (κ1) is 19.0. The smallest absolute Gasteiger partial charge is 0.303 e. The molecule has 1 N–H and O–H groups in total. The predicted molar refractivity (Wildman–Crippen MR) is 101 cm³/mol. The number of hydrogen-bond acceptors (Lipinski definition) is 1. The van der Waals surface area contributed by atoms with Crippen molar-refractivity contribution in [1.29, 1.82) is 0 Å². The molecule has 0 spiro atoms. The third kappa shape index (κ3) is 5.09. The first-order valence-corrected chi connectivity index (χ1v) is 9.89. The largest absolute Gasteiger partial charge is 0.481 e. The van der Waals surface area contributed by atoms with Gasteiger partial charge in [0.05, 0.1) is 0 Å². The maximum absolute atomic E-state index is 10.7. The van der Waals surface area contributed by atoms with Crippen molar-refractivity contribution in [2.24, 2.45) is 0 Å². The zero-order valence-corrected chi connectivity index (χ0v) is 15.6. The van der Waals surface area contributed by atoms with Crippen LogP contribution in [0.25, 0.3) is 0 Å². The van der Waals surface area contributed by atoms with Gasteiger partial charge in [-0.2, -0.15) is 0 Å². The number of hydrogen-bond donors (Lipinski definition) is 1. The minimum Gasteiger partial charge on any atom is -0.481 e. The van der Waals surface area contributed by atoms with E-state index in [0.717, 1.165) is 12.8 Å². The number of carboxylic acids is 1. The fraction of sp³-hybridized carbons (Fsp3) is 0.682. The van der Waals surface area contributed by atoms with Gasteiger partial charge in [0, 0.05) is 6.42 Å². The van der Waals surface area contributed by atoms with Gasteiger partial charge in [0.2, 0.25) is 0 Å². The molecule has 0 bridgehead atoms. The van der Waals surface area contributed by atoms with Crippen molar-refractivity contribution in [3.05, 3.63) is 34.9 Å². The second kappa shape index (κ2) is 9.25. The second-order valence-corrected chi connectivity index (χ2v) is 7.69. The topological polar surface area (TPSA) is 37.3 Å². The molecule has 134 valence electrons. The van der Waals surface area contributed by atoms with Crippen LogP contribution in [0, 0.1) is 6.92 Å². The van der Waals surface area contributed by atoms with Crippen LogP contribution in [0.4, 0.5) is 0 Å². The average molecular weight is 331 g/mol. The third-order valence-electron chi connectivity index (χ3n) is 5.79. The second-order valence-electron chi connectivity index (χ2n) is 7.69. The number of aliphatic carboxylic acids is 1. The van der Waals surface area contributed by atoms with Crippen LogP contribution in [0.5, 0.6) is 0 Å². The molecule has 1 fully saturated rings. The Kier molecular flexibility index (Phi) is 7.33. The summed E-state index contributed by atoms with van der Waals surface area (Å²) in [5.41, 5.74) is 4.68. The lowest BCUT2D eigenvalue weighted by Gasteiger charge is -2.39. The molecule has 2 rings (SSSR count). The third-order valence-corrected chi connectivity index (χ3v) is 5.79. The maximum atomic E-state index is 10.7. The van der Waals surface area contributed by atoms with Gasteiger partial charge in [-0.25, -0.2) is 0 Å². The van der Waals surface area contributed by atoms with E-state index in [-0.39, 0.29) is 6.42 Å². The van der Waals surface area contributed by atoms with E-state index in [1.165, 1.54) is 68.9 Å². The summed E-state index contributed by atoms with van der Waals surface area (Å²) in [4.78, 5) is 10.7. The molecule has 1 aliphatic carbocycles. The van der Waals surface area contributed by atoms with Crippen molar-refractivity contribution >= 4 is 5.97 Å². The lowest BCUT2D eigenvalue weighted by atomic mass is 9.65. The van der Waals surface area contributed by atoms with Crippen molar-refractivity contribution in [3.8, 4) is 0 Å². The zero-order valence-electron chi connectivity index (χ0n) is 15.6. The highest BCUT2D eigenvalue weighted by Gasteiger charge is 2.34. The van der Waals surface area contributed by atoms with E-state index in [0.29, 0.717) is 5.41 Å². The Bertz CT molecular complexity index is 527. The number of aryl methyl sites for hydroxylation is 2. The number of carbonyl (C=O) groups is 1. The number of carboxylic acid groups (broad SMARTS) is 1. The van der Waals surface area contributed by atoms with Gasteiger partial charge in [-0.15, -0.1) is 0 Å². The summed E-state index contributed by atoms with van der Waals surface area (Å²) in [6.07, 6.45) is 14.0. The minimum atomic E-state index is -0.694. The molecular weight excluding hydrogens is 296 g/mol. The molecule has 0 unspecified atom stereocenters. The minimum absolute atomic E-state index is 0.266. The Morgan fingerprint density at radius 2 is 1.88 bits per heavy atom. The molecule has 1 aliphatic rings. The molecule has 0 heterocycles. The van der Waals surface area contributed by atoms with Crippen molar-refractivity contribution in [3.63, 3.8) is 0 Å². The number of benzene rings is 1. The average Bonchev–Trinajstić information content (AvgIpc) is 2.55. The molecule has 0 aliphatic heterocycles. The summed E-state index contributed by atoms with van der Waals surface area (Å²) in [6.45, 7) is 4.54. The van der Waals surface area contributed by atoms with E-state index < -0.39 is 5.97 Å². The van der Waals surface area contributed by atoms with Crippen LogP contribution in [0.2, 0.25) is 0 Å². The molecule has 1 aromatic rings. The quantitative estimate of drug-likeness (QED) is 0.548. The molecule has 0 saturated heterocycles. The summed E-state index contributed by atoms with van der Waals surface area (Å²) < 4.78 is 0. The summed E-state index contributed by atoms with van der Waals surface area (Å²) >= 11 is 0. The Balaban J connectivity index is 2.12. The Labute approximate surface area is 147 Å².